The summed E-state index contributed by atoms with van der Waals surface area (Å²) in [4.78, 5) is 19.5. The zero-order valence-electron chi connectivity index (χ0n) is 20.8. The van der Waals surface area contributed by atoms with E-state index in [2.05, 4.69) is 26.7 Å². The molecule has 0 bridgehead atoms. The zero-order chi connectivity index (χ0) is 25.3. The number of benzene rings is 1. The number of hydrogen-bond acceptors (Lipinski definition) is 6. The average molecular weight is 531 g/mol. The molecule has 1 aromatic carbocycles. The molecular formula is C28H35FN2O3S2. The number of likely N-dealkylation sites (tertiary alicyclic amines) is 1. The molecule has 0 spiro atoms. The van der Waals surface area contributed by atoms with Crippen LogP contribution < -0.4 is 4.74 Å². The highest BCUT2D eigenvalue weighted by molar-refractivity contribution is 7.99. The van der Waals surface area contributed by atoms with Crippen molar-refractivity contribution >= 4 is 40.0 Å². The van der Waals surface area contributed by atoms with Crippen LogP contribution in [-0.4, -0.2) is 53.5 Å². The van der Waals surface area contributed by atoms with Crippen LogP contribution in [0.1, 0.15) is 50.3 Å². The van der Waals surface area contributed by atoms with Crippen molar-refractivity contribution in [1.82, 2.24) is 9.88 Å². The summed E-state index contributed by atoms with van der Waals surface area (Å²) in [5.74, 6) is 1.67. The zero-order valence-corrected chi connectivity index (χ0v) is 22.4. The van der Waals surface area contributed by atoms with Gasteiger partial charge in [-0.25, -0.2) is 4.39 Å². The van der Waals surface area contributed by atoms with E-state index in [1.165, 1.54) is 4.90 Å². The number of hydrogen-bond donors (Lipinski definition) is 1. The van der Waals surface area contributed by atoms with Crippen LogP contribution in [0.2, 0.25) is 0 Å². The lowest BCUT2D eigenvalue weighted by Crippen LogP contribution is -2.41. The quantitative estimate of drug-likeness (QED) is 0.188. The molecule has 2 aromatic heterocycles. The summed E-state index contributed by atoms with van der Waals surface area (Å²) >= 11 is 3.62. The number of ether oxygens (including phenoxy) is 1. The summed E-state index contributed by atoms with van der Waals surface area (Å²) in [5.41, 5.74) is 1.42. The van der Waals surface area contributed by atoms with Crippen LogP contribution in [0.15, 0.2) is 52.2 Å². The van der Waals surface area contributed by atoms with Gasteiger partial charge in [0.05, 0.1) is 12.6 Å². The summed E-state index contributed by atoms with van der Waals surface area (Å²) in [7, 11) is 1.61. The van der Waals surface area contributed by atoms with E-state index in [0.717, 1.165) is 55.6 Å². The minimum Gasteiger partial charge on any atom is -0.497 e. The predicted molar refractivity (Wildman–Crippen MR) is 146 cm³/mol. The monoisotopic (exact) mass is 530 g/mol. The Kier molecular flexibility index (Phi) is 10.0. The van der Waals surface area contributed by atoms with E-state index < -0.39 is 12.1 Å². The number of halogens is 1. The molecule has 36 heavy (non-hydrogen) atoms. The van der Waals surface area contributed by atoms with Crippen LogP contribution in [0.4, 0.5) is 4.39 Å². The fraction of sp³-hybridized carbons (Fsp3) is 0.500. The molecule has 2 unspecified atom stereocenters. The molecule has 0 saturated carbocycles. The number of pyridine rings is 1. The van der Waals surface area contributed by atoms with E-state index in [1.807, 2.05) is 30.0 Å². The molecule has 0 radical (unpaired) electrons. The number of carboxylic acid groups (broad SMARTS) is 1. The van der Waals surface area contributed by atoms with Gasteiger partial charge in [-0.1, -0.05) is 0 Å². The number of aliphatic carboxylic acids is 1. The molecule has 1 aliphatic rings. The van der Waals surface area contributed by atoms with Crippen molar-refractivity contribution in [2.75, 3.05) is 32.5 Å². The SMILES string of the molecule is COc1ccc2nccc([C@@H](F)CCC3CCN(CCCSc4ccsc4)CC3CCC(=O)O)c2c1. The first-order chi connectivity index (χ1) is 17.5. The molecule has 3 heterocycles. The van der Waals surface area contributed by atoms with E-state index in [1.54, 1.807) is 30.7 Å². The number of alkyl halides is 1. The normalized spacial score (nSPS) is 19.4. The number of aromatic nitrogens is 1. The van der Waals surface area contributed by atoms with Gasteiger partial charge in [0.1, 0.15) is 11.9 Å². The third-order valence-corrected chi connectivity index (χ3v) is 9.11. The van der Waals surface area contributed by atoms with E-state index in [9.17, 15) is 9.90 Å². The molecule has 0 amide bonds. The summed E-state index contributed by atoms with van der Waals surface area (Å²) < 4.78 is 20.9. The van der Waals surface area contributed by atoms with Crippen molar-refractivity contribution in [1.29, 1.82) is 0 Å². The van der Waals surface area contributed by atoms with Crippen molar-refractivity contribution in [2.45, 2.75) is 49.6 Å². The Morgan fingerprint density at radius 3 is 2.97 bits per heavy atom. The highest BCUT2D eigenvalue weighted by atomic mass is 32.2. The maximum absolute atomic E-state index is 15.5. The highest BCUT2D eigenvalue weighted by Gasteiger charge is 2.30. The molecule has 0 aliphatic carbocycles. The predicted octanol–water partition coefficient (Wildman–Crippen LogP) is 7.08. The number of carboxylic acids is 1. The topological polar surface area (TPSA) is 62.7 Å². The van der Waals surface area contributed by atoms with E-state index in [0.29, 0.717) is 36.0 Å². The lowest BCUT2D eigenvalue weighted by Gasteiger charge is -2.39. The number of piperidine rings is 1. The summed E-state index contributed by atoms with van der Waals surface area (Å²) in [6, 6.07) is 9.49. The summed E-state index contributed by atoms with van der Waals surface area (Å²) in [6.45, 7) is 2.95. The number of thioether (sulfide) groups is 1. The van der Waals surface area contributed by atoms with Crippen LogP contribution in [0.25, 0.3) is 10.9 Å². The smallest absolute Gasteiger partial charge is 0.303 e. The van der Waals surface area contributed by atoms with Crippen molar-refractivity contribution in [3.63, 3.8) is 0 Å². The number of carbonyl (C=O) groups is 1. The molecular weight excluding hydrogens is 495 g/mol. The first kappa shape index (κ1) is 26.9. The average Bonchev–Trinajstić information content (AvgIpc) is 3.42. The van der Waals surface area contributed by atoms with Gasteiger partial charge in [0, 0.05) is 34.8 Å². The van der Waals surface area contributed by atoms with Gasteiger partial charge in [-0.05, 0) is 104 Å². The molecule has 194 valence electrons. The molecule has 3 aromatic rings. The van der Waals surface area contributed by atoms with Crippen molar-refractivity contribution < 1.29 is 19.0 Å². The Morgan fingerprint density at radius 1 is 1.31 bits per heavy atom. The van der Waals surface area contributed by atoms with Gasteiger partial charge in [0.15, 0.2) is 0 Å². The Hall–Kier alpha value is -2.16. The second kappa shape index (κ2) is 13.4. The summed E-state index contributed by atoms with van der Waals surface area (Å²) in [5, 5.41) is 14.4. The van der Waals surface area contributed by atoms with Crippen LogP contribution >= 0.6 is 23.1 Å². The Labute approximate surface area is 221 Å². The van der Waals surface area contributed by atoms with Gasteiger partial charge in [-0.15, -0.1) is 11.8 Å². The minimum atomic E-state index is -1.09. The van der Waals surface area contributed by atoms with Gasteiger partial charge in [0.2, 0.25) is 0 Å². The Balaban J connectivity index is 1.33. The molecule has 8 heteroatoms. The van der Waals surface area contributed by atoms with Crippen LogP contribution in [0.5, 0.6) is 5.75 Å². The number of methoxy groups -OCH3 is 1. The highest BCUT2D eigenvalue weighted by Crippen LogP contribution is 2.36. The minimum absolute atomic E-state index is 0.177. The number of fused-ring (bicyclic) bond motifs is 1. The van der Waals surface area contributed by atoms with Gasteiger partial charge in [-0.3, -0.25) is 9.78 Å². The number of thiophene rings is 1. The van der Waals surface area contributed by atoms with Crippen molar-refractivity contribution in [3.05, 3.63) is 52.9 Å². The third-order valence-electron chi connectivity index (χ3n) is 7.20. The van der Waals surface area contributed by atoms with Crippen LogP contribution in [0, 0.1) is 11.8 Å². The Bertz CT molecular complexity index is 1110. The molecule has 3 atom stereocenters. The lowest BCUT2D eigenvalue weighted by molar-refractivity contribution is -0.137. The molecule has 1 fully saturated rings. The third kappa shape index (κ3) is 7.43. The van der Waals surface area contributed by atoms with Gasteiger partial charge >= 0.3 is 5.97 Å². The second-order valence-electron chi connectivity index (χ2n) is 9.53. The van der Waals surface area contributed by atoms with Crippen molar-refractivity contribution in [2.24, 2.45) is 11.8 Å². The number of nitrogens with zero attached hydrogens (tertiary/aromatic N) is 2. The fourth-order valence-corrected chi connectivity index (χ4v) is 6.96. The van der Waals surface area contributed by atoms with E-state index in [4.69, 9.17) is 4.74 Å². The summed E-state index contributed by atoms with van der Waals surface area (Å²) in [6.07, 6.45) is 4.73. The molecule has 1 N–H and O–H groups in total. The van der Waals surface area contributed by atoms with Crippen LogP contribution in [0.3, 0.4) is 0 Å². The van der Waals surface area contributed by atoms with E-state index >= 15 is 4.39 Å². The van der Waals surface area contributed by atoms with Gasteiger partial charge < -0.3 is 14.7 Å². The lowest BCUT2D eigenvalue weighted by atomic mass is 9.79. The largest absolute Gasteiger partial charge is 0.497 e. The second-order valence-corrected chi connectivity index (χ2v) is 11.5. The van der Waals surface area contributed by atoms with Gasteiger partial charge in [-0.2, -0.15) is 11.3 Å². The molecule has 1 aliphatic heterocycles. The maximum Gasteiger partial charge on any atom is 0.303 e. The number of rotatable bonds is 13. The van der Waals surface area contributed by atoms with Crippen molar-refractivity contribution in [3.8, 4) is 5.75 Å². The van der Waals surface area contributed by atoms with Crippen LogP contribution in [-0.2, 0) is 4.79 Å². The molecule has 1 saturated heterocycles. The standard InChI is InChI=1S/C28H35FN2O3S2/c1-34-22-5-7-27-25(17-22)24(9-12-30-27)26(29)6-3-20-10-14-31(18-21(20)4-8-28(32)33)13-2-15-36-23-11-16-35-19-23/h5,7,9,11-12,16-17,19-21,26H,2-4,6,8,10,13-15,18H2,1H3,(H,32,33)/t20?,21?,26-/m0/s1. The van der Waals surface area contributed by atoms with Gasteiger partial charge in [0.25, 0.3) is 0 Å². The molecule has 5 nitrogen and oxygen atoms in total. The molecule has 4 rings (SSSR count). The van der Waals surface area contributed by atoms with E-state index in [-0.39, 0.29) is 6.42 Å². The fourth-order valence-electron chi connectivity index (χ4n) is 5.25. The maximum atomic E-state index is 15.5. The Morgan fingerprint density at radius 2 is 2.19 bits per heavy atom. The first-order valence-electron chi connectivity index (χ1n) is 12.7. The first-order valence-corrected chi connectivity index (χ1v) is 14.6.